The molecule has 7 heteroatoms. The topological polar surface area (TPSA) is 66.9 Å². The van der Waals surface area contributed by atoms with E-state index in [0.29, 0.717) is 30.7 Å². The van der Waals surface area contributed by atoms with Crippen molar-refractivity contribution in [2.24, 2.45) is 0 Å². The molecule has 1 aromatic carbocycles. The first-order valence-corrected chi connectivity index (χ1v) is 10.3. The first-order valence-electron chi connectivity index (χ1n) is 8.90. The van der Waals surface area contributed by atoms with Crippen molar-refractivity contribution >= 4 is 15.9 Å². The van der Waals surface area contributed by atoms with E-state index in [-0.39, 0.29) is 10.8 Å². The van der Waals surface area contributed by atoms with Gasteiger partial charge in [0.15, 0.2) is 0 Å². The van der Waals surface area contributed by atoms with E-state index in [9.17, 15) is 13.2 Å². The zero-order chi connectivity index (χ0) is 18.0. The van der Waals surface area contributed by atoms with Crippen LogP contribution < -0.4 is 4.74 Å². The molecular formula is C18H26N2O4S. The molecule has 0 saturated carbocycles. The molecule has 0 radical (unpaired) electrons. The number of carbonyl (C=O) groups excluding carboxylic acids is 1. The van der Waals surface area contributed by atoms with Gasteiger partial charge in [-0.2, -0.15) is 4.31 Å². The highest BCUT2D eigenvalue weighted by Gasteiger charge is 2.41. The molecule has 6 nitrogen and oxygen atoms in total. The molecule has 2 aliphatic heterocycles. The number of hydrogen-bond donors (Lipinski definition) is 0. The molecular weight excluding hydrogens is 340 g/mol. The fourth-order valence-corrected chi connectivity index (χ4v) is 5.60. The molecule has 0 spiro atoms. The van der Waals surface area contributed by atoms with Gasteiger partial charge in [-0.1, -0.05) is 6.07 Å². The molecule has 0 aliphatic carbocycles. The van der Waals surface area contributed by atoms with Crippen LogP contribution in [0.5, 0.6) is 5.75 Å². The smallest absolute Gasteiger partial charge is 0.244 e. The lowest BCUT2D eigenvalue weighted by molar-refractivity contribution is -0.135. The maximum atomic E-state index is 13.2. The Balaban J connectivity index is 1.89. The molecule has 0 bridgehead atoms. The number of benzene rings is 1. The van der Waals surface area contributed by atoms with Gasteiger partial charge in [0.2, 0.25) is 15.9 Å². The molecule has 3 rings (SSSR count). The quantitative estimate of drug-likeness (QED) is 0.819. The summed E-state index contributed by atoms with van der Waals surface area (Å²) in [6.07, 6.45) is 4.45. The van der Waals surface area contributed by atoms with Gasteiger partial charge in [-0.05, 0) is 50.7 Å². The summed E-state index contributed by atoms with van der Waals surface area (Å²) < 4.78 is 33.0. The van der Waals surface area contributed by atoms with Crippen LogP contribution in [0.3, 0.4) is 0 Å². The maximum Gasteiger partial charge on any atom is 0.244 e. The lowest BCUT2D eigenvalue weighted by atomic mass is 10.1. The van der Waals surface area contributed by atoms with Gasteiger partial charge in [0, 0.05) is 25.7 Å². The third-order valence-electron chi connectivity index (χ3n) is 5.14. The number of rotatable bonds is 4. The van der Waals surface area contributed by atoms with Crippen molar-refractivity contribution in [3.8, 4) is 5.75 Å². The van der Waals surface area contributed by atoms with Crippen molar-refractivity contribution in [2.75, 3.05) is 26.7 Å². The van der Waals surface area contributed by atoms with Crippen LogP contribution in [0.1, 0.15) is 37.7 Å². The Morgan fingerprint density at radius 2 is 1.84 bits per heavy atom. The van der Waals surface area contributed by atoms with E-state index in [2.05, 4.69) is 0 Å². The Morgan fingerprint density at radius 1 is 1.12 bits per heavy atom. The summed E-state index contributed by atoms with van der Waals surface area (Å²) in [5.74, 6) is 0.462. The van der Waals surface area contributed by atoms with Gasteiger partial charge in [-0.3, -0.25) is 4.79 Å². The average Bonchev–Trinajstić information content (AvgIpc) is 3.12. The monoisotopic (exact) mass is 366 g/mol. The molecule has 25 heavy (non-hydrogen) atoms. The highest BCUT2D eigenvalue weighted by atomic mass is 32.2. The van der Waals surface area contributed by atoms with Crippen LogP contribution in [0, 0.1) is 6.92 Å². The predicted molar refractivity (Wildman–Crippen MR) is 95.1 cm³/mol. The largest absolute Gasteiger partial charge is 0.497 e. The van der Waals surface area contributed by atoms with Crippen LogP contribution in [0.15, 0.2) is 23.1 Å². The number of likely N-dealkylation sites (tertiary alicyclic amines) is 1. The number of ether oxygens (including phenoxy) is 1. The van der Waals surface area contributed by atoms with E-state index in [4.69, 9.17) is 4.74 Å². The summed E-state index contributed by atoms with van der Waals surface area (Å²) in [6.45, 7) is 3.63. The molecule has 138 valence electrons. The minimum atomic E-state index is -3.73. The molecule has 0 unspecified atom stereocenters. The summed E-state index contributed by atoms with van der Waals surface area (Å²) in [6, 6.07) is 4.46. The van der Waals surface area contributed by atoms with Crippen LogP contribution in [0.4, 0.5) is 0 Å². The van der Waals surface area contributed by atoms with Gasteiger partial charge in [0.05, 0.1) is 12.0 Å². The first-order chi connectivity index (χ1) is 11.9. The van der Waals surface area contributed by atoms with Crippen LogP contribution in [0.25, 0.3) is 0 Å². The molecule has 2 aliphatic rings. The van der Waals surface area contributed by atoms with Gasteiger partial charge < -0.3 is 9.64 Å². The van der Waals surface area contributed by atoms with Crippen molar-refractivity contribution in [1.29, 1.82) is 0 Å². The molecule has 0 N–H and O–H groups in total. The molecule has 2 heterocycles. The fourth-order valence-electron chi connectivity index (χ4n) is 3.71. The second-order valence-corrected chi connectivity index (χ2v) is 8.65. The van der Waals surface area contributed by atoms with Crippen molar-refractivity contribution in [2.45, 2.75) is 50.0 Å². The standard InChI is InChI=1S/C18H26N2O4S/c1-14-8-9-15(24-2)13-17(14)25(22,23)20-12-6-7-16(20)18(21)19-10-4-3-5-11-19/h8-9,13,16H,3-7,10-12H2,1-2H3/t16-/m1/s1. The lowest BCUT2D eigenvalue weighted by Crippen LogP contribution is -2.49. The summed E-state index contributed by atoms with van der Waals surface area (Å²) in [5.41, 5.74) is 0.664. The second-order valence-electron chi connectivity index (χ2n) is 6.79. The van der Waals surface area contributed by atoms with Gasteiger partial charge >= 0.3 is 0 Å². The Morgan fingerprint density at radius 3 is 2.52 bits per heavy atom. The number of sulfonamides is 1. The molecule has 2 fully saturated rings. The molecule has 1 amide bonds. The third-order valence-corrected chi connectivity index (χ3v) is 7.19. The number of carbonyl (C=O) groups is 1. The predicted octanol–water partition coefficient (Wildman–Crippen LogP) is 2.17. The van der Waals surface area contributed by atoms with Gasteiger partial charge in [-0.15, -0.1) is 0 Å². The van der Waals surface area contributed by atoms with Gasteiger partial charge in [0.1, 0.15) is 11.8 Å². The van der Waals surface area contributed by atoms with Crippen LogP contribution in [-0.4, -0.2) is 56.3 Å². The Kier molecular flexibility index (Phi) is 5.34. The van der Waals surface area contributed by atoms with E-state index in [1.807, 2.05) is 4.90 Å². The molecule has 2 saturated heterocycles. The van der Waals surface area contributed by atoms with Crippen LogP contribution in [0.2, 0.25) is 0 Å². The van der Waals surface area contributed by atoms with Crippen LogP contribution >= 0.6 is 0 Å². The van der Waals surface area contributed by atoms with Crippen molar-refractivity contribution in [3.63, 3.8) is 0 Å². The number of nitrogens with zero attached hydrogens (tertiary/aromatic N) is 2. The van der Waals surface area contributed by atoms with E-state index in [1.165, 1.54) is 11.4 Å². The van der Waals surface area contributed by atoms with E-state index in [0.717, 1.165) is 32.4 Å². The summed E-state index contributed by atoms with van der Waals surface area (Å²) in [5, 5.41) is 0. The Labute approximate surface area is 149 Å². The Hall–Kier alpha value is -1.60. The molecule has 1 aromatic rings. The first kappa shape index (κ1) is 18.2. The summed E-state index contributed by atoms with van der Waals surface area (Å²) in [4.78, 5) is 15.0. The maximum absolute atomic E-state index is 13.2. The average molecular weight is 366 g/mol. The van der Waals surface area contributed by atoms with Crippen LogP contribution in [-0.2, 0) is 14.8 Å². The minimum Gasteiger partial charge on any atom is -0.497 e. The minimum absolute atomic E-state index is 0.0404. The van der Waals surface area contributed by atoms with E-state index < -0.39 is 16.1 Å². The second kappa shape index (κ2) is 7.33. The van der Waals surface area contributed by atoms with Gasteiger partial charge in [-0.25, -0.2) is 8.42 Å². The zero-order valence-electron chi connectivity index (χ0n) is 14.9. The Bertz CT molecular complexity index is 741. The number of piperidine rings is 1. The highest BCUT2D eigenvalue weighted by Crippen LogP contribution is 2.31. The van der Waals surface area contributed by atoms with Crippen molar-refractivity contribution < 1.29 is 17.9 Å². The fraction of sp³-hybridized carbons (Fsp3) is 0.611. The van der Waals surface area contributed by atoms with E-state index >= 15 is 0 Å². The normalized spacial score (nSPS) is 22.2. The lowest BCUT2D eigenvalue weighted by Gasteiger charge is -2.32. The van der Waals surface area contributed by atoms with Crippen molar-refractivity contribution in [1.82, 2.24) is 9.21 Å². The number of amides is 1. The number of hydrogen-bond acceptors (Lipinski definition) is 4. The molecule has 0 aromatic heterocycles. The molecule has 1 atom stereocenters. The number of methoxy groups -OCH3 is 1. The number of aryl methyl sites for hydroxylation is 1. The zero-order valence-corrected chi connectivity index (χ0v) is 15.7. The van der Waals surface area contributed by atoms with Gasteiger partial charge in [0.25, 0.3) is 0 Å². The SMILES string of the molecule is COc1ccc(C)c(S(=O)(=O)N2CCC[C@@H]2C(=O)N2CCCCC2)c1. The van der Waals surface area contributed by atoms with E-state index in [1.54, 1.807) is 25.1 Å². The summed E-state index contributed by atoms with van der Waals surface area (Å²) in [7, 11) is -2.22. The highest BCUT2D eigenvalue weighted by molar-refractivity contribution is 7.89. The summed E-state index contributed by atoms with van der Waals surface area (Å²) >= 11 is 0. The van der Waals surface area contributed by atoms with Crippen molar-refractivity contribution in [3.05, 3.63) is 23.8 Å². The third kappa shape index (κ3) is 3.53.